The lowest BCUT2D eigenvalue weighted by Crippen LogP contribution is -2.19. The molecule has 2 N–H and O–H groups in total. The van der Waals surface area contributed by atoms with Crippen molar-refractivity contribution in [1.82, 2.24) is 10.2 Å². The highest BCUT2D eigenvalue weighted by Gasteiger charge is 2.09. The number of amides is 2. The van der Waals surface area contributed by atoms with Crippen LogP contribution in [0.4, 0.5) is 15.6 Å². The second-order valence-electron chi connectivity index (χ2n) is 6.79. The normalized spacial score (nSPS) is 10.8. The van der Waals surface area contributed by atoms with E-state index in [4.69, 9.17) is 23.2 Å². The topological polar surface area (TPSA) is 66.9 Å². The summed E-state index contributed by atoms with van der Waals surface area (Å²) in [4.78, 5) is 12.1. The molecule has 0 radical (unpaired) electrons. The lowest BCUT2D eigenvalue weighted by molar-refractivity contribution is 0.262. The van der Waals surface area contributed by atoms with E-state index in [2.05, 4.69) is 27.8 Å². The molecule has 2 amide bonds. The van der Waals surface area contributed by atoms with Crippen molar-refractivity contribution >= 4 is 51.4 Å². The monoisotopic (exact) mass is 442 g/mol. The summed E-state index contributed by atoms with van der Waals surface area (Å²) in [5.41, 5.74) is 0.561. The molecule has 28 heavy (non-hydrogen) atoms. The van der Waals surface area contributed by atoms with Crippen LogP contribution in [0.3, 0.4) is 0 Å². The largest absolute Gasteiger partial charge is 0.325 e. The van der Waals surface area contributed by atoms with E-state index < -0.39 is 0 Å². The van der Waals surface area contributed by atoms with E-state index in [-0.39, 0.29) is 6.03 Å². The molecular weight excluding hydrogens is 415 g/mol. The summed E-state index contributed by atoms with van der Waals surface area (Å²) >= 11 is 13.2. The summed E-state index contributed by atoms with van der Waals surface area (Å²) in [6, 6.07) is 4.53. The smallest absolute Gasteiger partial charge is 0.308 e. The third kappa shape index (κ3) is 8.76. The maximum absolute atomic E-state index is 12.1. The predicted octanol–water partition coefficient (Wildman–Crippen LogP) is 7.56. The number of hydrogen-bond donors (Lipinski definition) is 2. The van der Waals surface area contributed by atoms with E-state index in [1.165, 1.54) is 62.7 Å². The van der Waals surface area contributed by atoms with Gasteiger partial charge < -0.3 is 5.32 Å². The van der Waals surface area contributed by atoms with Gasteiger partial charge in [-0.15, -0.1) is 10.2 Å². The van der Waals surface area contributed by atoms with Crippen molar-refractivity contribution in [3.8, 4) is 0 Å². The van der Waals surface area contributed by atoms with Crippen molar-refractivity contribution < 1.29 is 4.79 Å². The van der Waals surface area contributed by atoms with E-state index in [1.54, 1.807) is 18.2 Å². The van der Waals surface area contributed by atoms with E-state index in [0.29, 0.717) is 20.9 Å². The van der Waals surface area contributed by atoms with Crippen molar-refractivity contribution in [3.05, 3.63) is 33.3 Å². The Morgan fingerprint density at radius 2 is 1.61 bits per heavy atom. The Balaban J connectivity index is 1.62. The molecular formula is C20H28Cl2N4OS. The lowest BCUT2D eigenvalue weighted by Gasteiger charge is -2.06. The van der Waals surface area contributed by atoms with Crippen LogP contribution < -0.4 is 10.6 Å². The zero-order chi connectivity index (χ0) is 20.2. The van der Waals surface area contributed by atoms with E-state index in [9.17, 15) is 4.79 Å². The maximum atomic E-state index is 12.1. The maximum Gasteiger partial charge on any atom is 0.325 e. The van der Waals surface area contributed by atoms with Gasteiger partial charge in [0.25, 0.3) is 0 Å². The highest BCUT2D eigenvalue weighted by atomic mass is 35.5. The van der Waals surface area contributed by atoms with Gasteiger partial charge in [0, 0.05) is 12.1 Å². The average Bonchev–Trinajstić information content (AvgIpc) is 3.10. The first kappa shape index (κ1) is 22.9. The molecule has 0 unspecified atom stereocenters. The highest BCUT2D eigenvalue weighted by Crippen LogP contribution is 2.25. The second kappa shape index (κ2) is 13.0. The molecule has 0 spiro atoms. The van der Waals surface area contributed by atoms with Gasteiger partial charge in [0.2, 0.25) is 5.13 Å². The van der Waals surface area contributed by atoms with Crippen LogP contribution in [-0.4, -0.2) is 16.2 Å². The van der Waals surface area contributed by atoms with Crippen molar-refractivity contribution in [2.24, 2.45) is 0 Å². The zero-order valence-electron chi connectivity index (χ0n) is 16.3. The molecule has 0 saturated heterocycles. The van der Waals surface area contributed by atoms with Crippen LogP contribution in [-0.2, 0) is 6.42 Å². The van der Waals surface area contributed by atoms with Gasteiger partial charge in [-0.05, 0) is 24.6 Å². The molecule has 0 bridgehead atoms. The molecule has 2 rings (SSSR count). The summed E-state index contributed by atoms with van der Waals surface area (Å²) in [7, 11) is 0. The number of hydrogen-bond acceptors (Lipinski definition) is 4. The fourth-order valence-electron chi connectivity index (χ4n) is 2.83. The summed E-state index contributed by atoms with van der Waals surface area (Å²) in [6.45, 7) is 2.25. The summed E-state index contributed by atoms with van der Waals surface area (Å²) in [5.74, 6) is 0. The Kier molecular flexibility index (Phi) is 10.6. The number of nitrogens with zero attached hydrogens (tertiary/aromatic N) is 2. The quantitative estimate of drug-likeness (QED) is 0.333. The van der Waals surface area contributed by atoms with Crippen LogP contribution in [0, 0.1) is 0 Å². The number of nitrogens with one attached hydrogen (secondary N) is 2. The van der Waals surface area contributed by atoms with Crippen LogP contribution in [0.25, 0.3) is 0 Å². The molecule has 5 nitrogen and oxygen atoms in total. The fourth-order valence-corrected chi connectivity index (χ4v) is 3.90. The molecule has 0 atom stereocenters. The Morgan fingerprint density at radius 3 is 2.29 bits per heavy atom. The number of halogens is 2. The molecule has 0 fully saturated rings. The van der Waals surface area contributed by atoms with Gasteiger partial charge in [0.1, 0.15) is 5.01 Å². The van der Waals surface area contributed by atoms with Crippen molar-refractivity contribution in [1.29, 1.82) is 0 Å². The average molecular weight is 443 g/mol. The minimum Gasteiger partial charge on any atom is -0.308 e. The number of rotatable bonds is 12. The zero-order valence-corrected chi connectivity index (χ0v) is 18.6. The number of urea groups is 1. The van der Waals surface area contributed by atoms with Crippen LogP contribution in [0.5, 0.6) is 0 Å². The second-order valence-corrected chi connectivity index (χ2v) is 8.66. The molecule has 8 heteroatoms. The number of benzene rings is 1. The molecule has 1 aromatic heterocycles. The molecule has 2 aromatic rings. The summed E-state index contributed by atoms with van der Waals surface area (Å²) in [5, 5.41) is 15.9. The van der Waals surface area contributed by atoms with Crippen LogP contribution >= 0.6 is 34.5 Å². The standard InChI is InChI=1S/C20H28Cl2N4OS/c1-2-3-4-5-6-7-8-9-10-11-18-25-26-20(28-18)24-19(27)23-15-12-13-16(21)17(22)14-15/h12-14H,2-11H2,1H3,(H2,23,24,26,27). The Labute approximate surface area is 181 Å². The van der Waals surface area contributed by atoms with E-state index >= 15 is 0 Å². The number of aromatic nitrogens is 2. The third-order valence-corrected chi connectivity index (χ3v) is 6.00. The van der Waals surface area contributed by atoms with Crippen molar-refractivity contribution in [2.45, 2.75) is 71.1 Å². The molecule has 0 aliphatic heterocycles. The van der Waals surface area contributed by atoms with Gasteiger partial charge in [-0.25, -0.2) is 4.79 Å². The number of aryl methyl sites for hydroxylation is 1. The first-order chi connectivity index (χ1) is 13.6. The minimum absolute atomic E-state index is 0.385. The molecule has 154 valence electrons. The van der Waals surface area contributed by atoms with Crippen LogP contribution in [0.15, 0.2) is 18.2 Å². The van der Waals surface area contributed by atoms with Gasteiger partial charge in [0.15, 0.2) is 0 Å². The minimum atomic E-state index is -0.385. The molecule has 0 saturated carbocycles. The number of anilines is 2. The first-order valence-corrected chi connectivity index (χ1v) is 11.5. The summed E-state index contributed by atoms with van der Waals surface area (Å²) < 4.78 is 0. The molecule has 0 aliphatic rings. The number of carbonyl (C=O) groups is 1. The van der Waals surface area contributed by atoms with Crippen molar-refractivity contribution in [3.63, 3.8) is 0 Å². The highest BCUT2D eigenvalue weighted by molar-refractivity contribution is 7.15. The third-order valence-electron chi connectivity index (χ3n) is 4.36. The van der Waals surface area contributed by atoms with Gasteiger partial charge in [-0.1, -0.05) is 92.8 Å². The van der Waals surface area contributed by atoms with E-state index in [1.807, 2.05) is 0 Å². The Bertz CT molecular complexity index is 739. The number of carbonyl (C=O) groups excluding carboxylic acids is 1. The van der Waals surface area contributed by atoms with Gasteiger partial charge in [-0.2, -0.15) is 0 Å². The predicted molar refractivity (Wildman–Crippen MR) is 120 cm³/mol. The first-order valence-electron chi connectivity index (χ1n) is 9.94. The lowest BCUT2D eigenvalue weighted by atomic mass is 10.1. The fraction of sp³-hybridized carbons (Fsp3) is 0.550. The van der Waals surface area contributed by atoms with Gasteiger partial charge in [0.05, 0.1) is 10.0 Å². The van der Waals surface area contributed by atoms with Gasteiger partial charge in [-0.3, -0.25) is 5.32 Å². The van der Waals surface area contributed by atoms with Crippen LogP contribution in [0.1, 0.15) is 69.7 Å². The van der Waals surface area contributed by atoms with E-state index in [0.717, 1.165) is 17.8 Å². The molecule has 1 heterocycles. The van der Waals surface area contributed by atoms with Crippen molar-refractivity contribution in [2.75, 3.05) is 10.6 Å². The molecule has 0 aliphatic carbocycles. The van der Waals surface area contributed by atoms with Crippen LogP contribution in [0.2, 0.25) is 10.0 Å². The summed E-state index contributed by atoms with van der Waals surface area (Å²) in [6.07, 6.45) is 12.6. The Morgan fingerprint density at radius 1 is 0.929 bits per heavy atom. The SMILES string of the molecule is CCCCCCCCCCCc1nnc(NC(=O)Nc2ccc(Cl)c(Cl)c2)s1. The number of unbranched alkanes of at least 4 members (excludes halogenated alkanes) is 8. The molecule has 1 aromatic carbocycles. The van der Waals surface area contributed by atoms with Gasteiger partial charge >= 0.3 is 6.03 Å². The Hall–Kier alpha value is -1.37.